The van der Waals surface area contributed by atoms with Crippen LogP contribution >= 0.6 is 0 Å². The van der Waals surface area contributed by atoms with E-state index in [0.29, 0.717) is 48.8 Å². The number of benzene rings is 3. The van der Waals surface area contributed by atoms with E-state index in [9.17, 15) is 19.2 Å². The van der Waals surface area contributed by atoms with Crippen LogP contribution < -0.4 is 21.6 Å². The van der Waals surface area contributed by atoms with Gasteiger partial charge in [-0.3, -0.25) is 38.8 Å². The molecule has 3 aromatic carbocycles. The molecule has 2 fully saturated rings. The number of carbonyl (C=O) groups excluding carboxylic acids is 3. The molecule has 56 heavy (non-hydrogen) atoms. The van der Waals surface area contributed by atoms with Gasteiger partial charge in [0.2, 0.25) is 11.8 Å². The van der Waals surface area contributed by atoms with Crippen molar-refractivity contribution in [1.29, 1.82) is 0 Å². The number of piperidine rings is 1. The molecule has 0 aliphatic carbocycles. The summed E-state index contributed by atoms with van der Waals surface area (Å²) in [5.41, 5.74) is 9.06. The number of hydrogen-bond donors (Lipinski definition) is 3. The van der Waals surface area contributed by atoms with Gasteiger partial charge in [-0.15, -0.1) is 0 Å². The Morgan fingerprint density at radius 1 is 0.929 bits per heavy atom. The molecular weight excluding hydrogens is 707 g/mol. The monoisotopic (exact) mass is 747 g/mol. The lowest BCUT2D eigenvalue weighted by Crippen LogP contribution is -2.47. The van der Waals surface area contributed by atoms with E-state index in [2.05, 4.69) is 57.0 Å². The van der Waals surface area contributed by atoms with Crippen molar-refractivity contribution in [2.24, 2.45) is 14.1 Å². The third kappa shape index (κ3) is 7.17. The molecule has 2 saturated heterocycles. The van der Waals surface area contributed by atoms with E-state index >= 15 is 0 Å². The number of amides is 3. The lowest BCUT2D eigenvalue weighted by molar-refractivity contribution is -0.133. The van der Waals surface area contributed by atoms with Crippen LogP contribution in [0.5, 0.6) is 0 Å². The molecule has 12 nitrogen and oxygen atoms in total. The smallest absolute Gasteiger partial charge is 0.328 e. The molecule has 1 unspecified atom stereocenters. The van der Waals surface area contributed by atoms with Crippen LogP contribution in [0.4, 0.5) is 5.69 Å². The van der Waals surface area contributed by atoms with Gasteiger partial charge >= 0.3 is 5.69 Å². The zero-order chi connectivity index (χ0) is 38.9. The third-order valence-electron chi connectivity index (χ3n) is 10.7. The summed E-state index contributed by atoms with van der Waals surface area (Å²) >= 11 is 0. The number of pyridine rings is 2. The van der Waals surface area contributed by atoms with E-state index in [1.807, 2.05) is 69.7 Å². The van der Waals surface area contributed by atoms with E-state index in [-0.39, 0.29) is 30.0 Å². The van der Waals surface area contributed by atoms with Crippen LogP contribution in [0.2, 0.25) is 0 Å². The highest BCUT2D eigenvalue weighted by molar-refractivity contribution is 6.02. The molecule has 1 atom stereocenters. The summed E-state index contributed by atoms with van der Waals surface area (Å²) in [6, 6.07) is 21.3. The van der Waals surface area contributed by atoms with Gasteiger partial charge in [0.1, 0.15) is 11.7 Å². The zero-order valence-corrected chi connectivity index (χ0v) is 31.4. The summed E-state index contributed by atoms with van der Waals surface area (Å²) in [5, 5.41) is 10.3. The van der Waals surface area contributed by atoms with Crippen LogP contribution in [0, 0.1) is 18.8 Å². The molecule has 5 heterocycles. The molecule has 0 bridgehead atoms. The highest BCUT2D eigenvalue weighted by Crippen LogP contribution is 2.38. The molecule has 0 spiro atoms. The van der Waals surface area contributed by atoms with Gasteiger partial charge in [0, 0.05) is 68.3 Å². The second-order valence-corrected chi connectivity index (χ2v) is 14.4. The first-order chi connectivity index (χ1) is 27.1. The van der Waals surface area contributed by atoms with Crippen molar-refractivity contribution >= 4 is 45.2 Å². The van der Waals surface area contributed by atoms with E-state index in [4.69, 9.17) is 9.72 Å². The van der Waals surface area contributed by atoms with Crippen molar-refractivity contribution in [3.63, 3.8) is 0 Å². The molecule has 8 rings (SSSR count). The number of anilines is 1. The fourth-order valence-electron chi connectivity index (χ4n) is 7.77. The summed E-state index contributed by atoms with van der Waals surface area (Å²) in [5.74, 6) is 5.39. The summed E-state index contributed by atoms with van der Waals surface area (Å²) < 4.78 is 9.15. The molecule has 3 amide bonds. The Kier molecular flexibility index (Phi) is 9.93. The van der Waals surface area contributed by atoms with Crippen LogP contribution in [-0.4, -0.2) is 62.6 Å². The fourth-order valence-corrected chi connectivity index (χ4v) is 7.77. The van der Waals surface area contributed by atoms with Gasteiger partial charge in [0.15, 0.2) is 0 Å². The van der Waals surface area contributed by atoms with Crippen LogP contribution in [0.1, 0.15) is 58.8 Å². The number of imidazole rings is 1. The van der Waals surface area contributed by atoms with Gasteiger partial charge in [0.05, 0.1) is 23.3 Å². The van der Waals surface area contributed by atoms with Gasteiger partial charge in [-0.05, 0) is 102 Å². The second kappa shape index (κ2) is 15.3. The fraction of sp³-hybridized carbons (Fsp3) is 0.273. The molecular formula is C44H41N7O5. The molecule has 0 radical (unpaired) electrons. The zero-order valence-electron chi connectivity index (χ0n) is 31.4. The number of aryl methyl sites for hydroxylation is 3. The van der Waals surface area contributed by atoms with Crippen molar-refractivity contribution in [2.75, 3.05) is 25.1 Å². The highest BCUT2D eigenvalue weighted by Gasteiger charge is 2.27. The molecule has 3 N–H and O–H groups in total. The lowest BCUT2D eigenvalue weighted by Gasteiger charge is -2.24. The Hall–Kier alpha value is -6.58. The van der Waals surface area contributed by atoms with Crippen LogP contribution in [-0.2, 0) is 28.4 Å². The molecule has 2 aliphatic rings. The average molecular weight is 748 g/mol. The van der Waals surface area contributed by atoms with E-state index in [1.165, 1.54) is 5.56 Å². The summed E-state index contributed by atoms with van der Waals surface area (Å²) in [6.07, 6.45) is 6.09. The molecule has 0 saturated carbocycles. The van der Waals surface area contributed by atoms with Gasteiger partial charge in [-0.1, -0.05) is 36.1 Å². The van der Waals surface area contributed by atoms with Gasteiger partial charge in [0.25, 0.3) is 5.91 Å². The van der Waals surface area contributed by atoms with Gasteiger partial charge in [-0.25, -0.2) is 4.79 Å². The highest BCUT2D eigenvalue weighted by atomic mass is 16.5. The van der Waals surface area contributed by atoms with Crippen molar-refractivity contribution in [3.8, 4) is 34.2 Å². The minimum atomic E-state index is -0.487. The molecule has 3 aromatic heterocycles. The normalized spacial score (nSPS) is 16.0. The maximum atomic E-state index is 13.1. The van der Waals surface area contributed by atoms with Crippen molar-refractivity contribution < 1.29 is 19.1 Å². The maximum absolute atomic E-state index is 13.1. The van der Waals surface area contributed by atoms with Crippen molar-refractivity contribution in [3.05, 3.63) is 112 Å². The number of imide groups is 1. The quantitative estimate of drug-likeness (QED) is 0.146. The first-order valence-corrected chi connectivity index (χ1v) is 18.7. The molecule has 2 aliphatic heterocycles. The predicted octanol–water partition coefficient (Wildman–Crippen LogP) is 5.36. The topological polar surface area (TPSA) is 149 Å². The number of nitrogens with zero attached hydrogens (tertiary/aromatic N) is 4. The van der Waals surface area contributed by atoms with E-state index in [1.54, 1.807) is 15.3 Å². The second-order valence-electron chi connectivity index (χ2n) is 14.4. The standard InChI is InChI=1S/C44H41N7O5/c1-26-19-31(24-47-40(26)43(54)45-16-6-8-27-7-4-10-32(20-27)48-36-12-13-39(52)49-42(36)53)37-22-29-9-5-11-33(35(29)25-46-37)30-21-34(28-14-17-56-18-15-28)41-38(23-30)50(2)44(55)51(41)3/h4-5,7,9-11,19-25,28,36,48H,12-18H2,1-3H3,(H,45,54)(H,49,52,53). The Labute approximate surface area is 323 Å². The molecule has 282 valence electrons. The van der Waals surface area contributed by atoms with Crippen molar-refractivity contribution in [1.82, 2.24) is 29.7 Å². The average Bonchev–Trinajstić information content (AvgIpc) is 3.43. The number of ether oxygens (including phenoxy) is 1. The molecule has 12 heteroatoms. The van der Waals surface area contributed by atoms with Crippen molar-refractivity contribution in [2.45, 2.75) is 44.6 Å². The largest absolute Gasteiger partial charge is 0.381 e. The molecule has 6 aromatic rings. The first-order valence-electron chi connectivity index (χ1n) is 18.7. The van der Waals surface area contributed by atoms with E-state index < -0.39 is 6.04 Å². The summed E-state index contributed by atoms with van der Waals surface area (Å²) in [7, 11) is 3.67. The maximum Gasteiger partial charge on any atom is 0.328 e. The predicted molar refractivity (Wildman–Crippen MR) is 215 cm³/mol. The van der Waals surface area contributed by atoms with Crippen LogP contribution in [0.25, 0.3) is 44.2 Å². The number of fused-ring (bicyclic) bond motifs is 2. The number of hydrogen-bond acceptors (Lipinski definition) is 8. The number of rotatable bonds is 7. The summed E-state index contributed by atoms with van der Waals surface area (Å²) in [4.78, 5) is 59.1. The summed E-state index contributed by atoms with van der Waals surface area (Å²) in [6.45, 7) is 3.38. The van der Waals surface area contributed by atoms with Crippen LogP contribution in [0.15, 0.2) is 83.9 Å². The minimum Gasteiger partial charge on any atom is -0.381 e. The number of aromatic nitrogens is 4. The first kappa shape index (κ1) is 36.4. The Morgan fingerprint density at radius 2 is 1.75 bits per heavy atom. The number of nitrogens with one attached hydrogen (secondary N) is 3. The SMILES string of the molecule is Cc1cc(-c2cc3cccc(-c4cc(C5CCOCC5)c5c(c4)n(C)c(=O)n5C)c3cn2)cnc1C(=O)NCC#Cc1cccc(NC2CCC(=O)NC2=O)c1. The third-order valence-corrected chi connectivity index (χ3v) is 10.7. The van der Waals surface area contributed by atoms with E-state index in [0.717, 1.165) is 62.7 Å². The Morgan fingerprint density at radius 3 is 2.55 bits per heavy atom. The Bertz CT molecular complexity index is 2680. The van der Waals surface area contributed by atoms with Crippen LogP contribution in [0.3, 0.4) is 0 Å². The lowest BCUT2D eigenvalue weighted by atomic mass is 9.87. The Balaban J connectivity index is 0.981. The van der Waals surface area contributed by atoms with Gasteiger partial charge in [-0.2, -0.15) is 0 Å². The minimum absolute atomic E-state index is 0.0446. The van der Waals surface area contributed by atoms with Gasteiger partial charge < -0.3 is 15.4 Å². The number of carbonyl (C=O) groups is 3.